The molecule has 0 N–H and O–H groups in total. The molecule has 0 aromatic heterocycles. The van der Waals surface area contributed by atoms with Crippen LogP contribution in [0.2, 0.25) is 0 Å². The highest BCUT2D eigenvalue weighted by Gasteiger charge is 2.36. The Kier molecular flexibility index (Phi) is 4.54. The molecule has 2 saturated carbocycles. The third kappa shape index (κ3) is 3.11. The molecule has 2 aliphatic carbocycles. The molecule has 3 heteroatoms. The number of halogens is 3. The molecule has 1 aromatic rings. The van der Waals surface area contributed by atoms with Crippen molar-refractivity contribution in [3.63, 3.8) is 0 Å². The van der Waals surface area contributed by atoms with Crippen LogP contribution in [0.1, 0.15) is 61.4 Å². The van der Waals surface area contributed by atoms with Gasteiger partial charge in [0.2, 0.25) is 0 Å². The zero-order valence-electron chi connectivity index (χ0n) is 12.5. The van der Waals surface area contributed by atoms with E-state index in [1.54, 1.807) is 13.0 Å². The van der Waals surface area contributed by atoms with Gasteiger partial charge in [0.05, 0.1) is 5.38 Å². The minimum Gasteiger partial charge on any atom is -0.207 e. The fraction of sp³-hybridized carbons (Fsp3) is 0.667. The Morgan fingerprint density at radius 2 is 1.71 bits per heavy atom. The molecule has 21 heavy (non-hydrogen) atoms. The summed E-state index contributed by atoms with van der Waals surface area (Å²) in [5.41, 5.74) is 0.957. The number of benzene rings is 1. The van der Waals surface area contributed by atoms with Crippen LogP contribution in [0.3, 0.4) is 0 Å². The molecule has 0 amide bonds. The summed E-state index contributed by atoms with van der Waals surface area (Å²) in [7, 11) is 0. The van der Waals surface area contributed by atoms with E-state index in [1.807, 2.05) is 0 Å². The average molecular weight is 313 g/mol. The molecule has 0 saturated heterocycles. The molecule has 0 aliphatic heterocycles. The van der Waals surface area contributed by atoms with Crippen LogP contribution in [0.25, 0.3) is 0 Å². The van der Waals surface area contributed by atoms with Crippen LogP contribution in [-0.2, 0) is 0 Å². The molecule has 116 valence electrons. The normalized spacial score (nSPS) is 30.8. The molecule has 0 spiro atoms. The second-order valence-corrected chi connectivity index (χ2v) is 7.37. The lowest BCUT2D eigenvalue weighted by Crippen LogP contribution is -2.29. The topological polar surface area (TPSA) is 0 Å². The van der Waals surface area contributed by atoms with Crippen molar-refractivity contribution in [1.29, 1.82) is 0 Å². The first-order chi connectivity index (χ1) is 10.1. The number of aryl methyl sites for hydroxylation is 1. The first kappa shape index (κ1) is 15.3. The van der Waals surface area contributed by atoms with Crippen LogP contribution in [0, 0.1) is 36.3 Å². The maximum atomic E-state index is 14.0. The van der Waals surface area contributed by atoms with Gasteiger partial charge >= 0.3 is 0 Å². The smallest absolute Gasteiger partial charge is 0.130 e. The van der Waals surface area contributed by atoms with Crippen LogP contribution in [0.5, 0.6) is 0 Å². The fourth-order valence-corrected chi connectivity index (χ4v) is 4.72. The standard InChI is InChI=1S/C18H23ClF2/c1-11-8-15(17(21)10-16(11)20)18(19)14-7-6-12-4-2-3-5-13(12)9-14/h8,10,12-14,18H,2-7,9H2,1H3. The Hall–Kier alpha value is -0.630. The first-order valence-electron chi connectivity index (χ1n) is 8.16. The van der Waals surface area contributed by atoms with Crippen molar-refractivity contribution in [2.24, 2.45) is 17.8 Å². The van der Waals surface area contributed by atoms with Crippen molar-refractivity contribution in [2.45, 2.75) is 57.2 Å². The van der Waals surface area contributed by atoms with E-state index >= 15 is 0 Å². The number of rotatable bonds is 2. The van der Waals surface area contributed by atoms with Crippen molar-refractivity contribution in [1.82, 2.24) is 0 Å². The van der Waals surface area contributed by atoms with Gasteiger partial charge in [0.25, 0.3) is 0 Å². The maximum absolute atomic E-state index is 14.0. The molecule has 4 unspecified atom stereocenters. The Morgan fingerprint density at radius 1 is 1.00 bits per heavy atom. The summed E-state index contributed by atoms with van der Waals surface area (Å²) in [5, 5.41) is -0.327. The van der Waals surface area contributed by atoms with Gasteiger partial charge in [-0.2, -0.15) is 0 Å². The number of hydrogen-bond acceptors (Lipinski definition) is 0. The summed E-state index contributed by atoms with van der Waals surface area (Å²) in [6.07, 6.45) is 8.75. The third-order valence-electron chi connectivity index (χ3n) is 5.57. The fourth-order valence-electron chi connectivity index (χ4n) is 4.32. The van der Waals surface area contributed by atoms with Crippen molar-refractivity contribution in [3.05, 3.63) is 34.9 Å². The molecule has 3 rings (SSSR count). The number of hydrogen-bond donors (Lipinski definition) is 0. The monoisotopic (exact) mass is 312 g/mol. The molecule has 0 nitrogen and oxygen atoms in total. The highest BCUT2D eigenvalue weighted by molar-refractivity contribution is 6.21. The summed E-state index contributed by atoms with van der Waals surface area (Å²) in [6, 6.07) is 2.57. The SMILES string of the molecule is Cc1cc(C(Cl)C2CCC3CCCCC3C2)c(F)cc1F. The first-order valence-corrected chi connectivity index (χ1v) is 8.59. The Labute approximate surface area is 130 Å². The van der Waals surface area contributed by atoms with Gasteiger partial charge in [0.15, 0.2) is 0 Å². The minimum absolute atomic E-state index is 0.324. The molecular formula is C18H23ClF2. The van der Waals surface area contributed by atoms with Gasteiger partial charge in [-0.15, -0.1) is 11.6 Å². The Bertz CT molecular complexity index is 514. The predicted molar refractivity (Wildman–Crippen MR) is 82.5 cm³/mol. The van der Waals surface area contributed by atoms with Crippen LogP contribution in [0.15, 0.2) is 12.1 Å². The summed E-state index contributed by atoms with van der Waals surface area (Å²) in [5.74, 6) is 0.965. The summed E-state index contributed by atoms with van der Waals surface area (Å²) >= 11 is 6.58. The highest BCUT2D eigenvalue weighted by atomic mass is 35.5. The third-order valence-corrected chi connectivity index (χ3v) is 6.16. The zero-order valence-corrected chi connectivity index (χ0v) is 13.3. The second-order valence-electron chi connectivity index (χ2n) is 6.90. The Balaban J connectivity index is 1.76. The van der Waals surface area contributed by atoms with Crippen molar-refractivity contribution in [2.75, 3.05) is 0 Å². The van der Waals surface area contributed by atoms with E-state index in [9.17, 15) is 8.78 Å². The van der Waals surface area contributed by atoms with Crippen molar-refractivity contribution >= 4 is 11.6 Å². The summed E-state index contributed by atoms with van der Waals surface area (Å²) < 4.78 is 27.4. The molecule has 2 fully saturated rings. The highest BCUT2D eigenvalue weighted by Crippen LogP contribution is 2.48. The van der Waals surface area contributed by atoms with Gasteiger partial charge in [-0.1, -0.05) is 25.7 Å². The van der Waals surface area contributed by atoms with Gasteiger partial charge in [-0.25, -0.2) is 8.78 Å². The molecule has 0 heterocycles. The molecule has 0 bridgehead atoms. The van der Waals surface area contributed by atoms with E-state index in [-0.39, 0.29) is 5.38 Å². The lowest BCUT2D eigenvalue weighted by atomic mass is 9.66. The van der Waals surface area contributed by atoms with Gasteiger partial charge < -0.3 is 0 Å². The van der Waals surface area contributed by atoms with Gasteiger partial charge in [-0.05, 0) is 55.6 Å². The zero-order chi connectivity index (χ0) is 15.0. The van der Waals surface area contributed by atoms with Crippen LogP contribution in [-0.4, -0.2) is 0 Å². The largest absolute Gasteiger partial charge is 0.207 e. The molecule has 4 atom stereocenters. The van der Waals surface area contributed by atoms with E-state index in [1.165, 1.54) is 32.1 Å². The van der Waals surface area contributed by atoms with Crippen molar-refractivity contribution < 1.29 is 8.78 Å². The Morgan fingerprint density at radius 3 is 2.48 bits per heavy atom. The number of fused-ring (bicyclic) bond motifs is 1. The summed E-state index contributed by atoms with van der Waals surface area (Å²) in [4.78, 5) is 0. The van der Waals surface area contributed by atoms with Gasteiger partial charge in [0.1, 0.15) is 11.6 Å². The van der Waals surface area contributed by atoms with E-state index in [0.29, 0.717) is 17.0 Å². The summed E-state index contributed by atoms with van der Waals surface area (Å²) in [6.45, 7) is 1.67. The maximum Gasteiger partial charge on any atom is 0.130 e. The predicted octanol–water partition coefficient (Wildman–Crippen LogP) is 6.16. The molecule has 1 aromatic carbocycles. The van der Waals surface area contributed by atoms with E-state index in [4.69, 9.17) is 11.6 Å². The van der Waals surface area contributed by atoms with Gasteiger partial charge in [-0.3, -0.25) is 0 Å². The minimum atomic E-state index is -0.496. The lowest BCUT2D eigenvalue weighted by molar-refractivity contribution is 0.127. The quantitative estimate of drug-likeness (QED) is 0.574. The van der Waals surface area contributed by atoms with Crippen LogP contribution < -0.4 is 0 Å². The number of alkyl halides is 1. The average Bonchev–Trinajstić information content (AvgIpc) is 2.50. The van der Waals surface area contributed by atoms with E-state index in [0.717, 1.165) is 30.7 Å². The second kappa shape index (κ2) is 6.24. The van der Waals surface area contributed by atoms with Crippen LogP contribution >= 0.6 is 11.6 Å². The van der Waals surface area contributed by atoms with Gasteiger partial charge in [0, 0.05) is 11.6 Å². The van der Waals surface area contributed by atoms with E-state index in [2.05, 4.69) is 0 Å². The van der Waals surface area contributed by atoms with E-state index < -0.39 is 11.6 Å². The molecular weight excluding hydrogens is 290 g/mol. The van der Waals surface area contributed by atoms with Crippen LogP contribution in [0.4, 0.5) is 8.78 Å². The lowest BCUT2D eigenvalue weighted by Gasteiger charge is -2.40. The molecule has 2 aliphatic rings. The van der Waals surface area contributed by atoms with Crippen molar-refractivity contribution in [3.8, 4) is 0 Å². The molecule has 0 radical (unpaired) electrons.